The van der Waals surface area contributed by atoms with Crippen LogP contribution in [0.2, 0.25) is 0 Å². The largest absolute Gasteiger partial charge is 0.388 e. The molecule has 2 fully saturated rings. The lowest BCUT2D eigenvalue weighted by atomic mass is 9.86. The van der Waals surface area contributed by atoms with Gasteiger partial charge in [0.1, 0.15) is 0 Å². The fraction of sp³-hybridized carbons (Fsp3) is 0.889. The lowest BCUT2D eigenvalue weighted by Crippen LogP contribution is -2.19. The SMILES string of the molecule is Cl.N=C(N)CC1CC2CCC1C2. The fourth-order valence-corrected chi connectivity index (χ4v) is 2.91. The Morgan fingerprint density at radius 3 is 2.50 bits per heavy atom. The maximum atomic E-state index is 7.22. The van der Waals surface area contributed by atoms with Crippen LogP contribution in [0.4, 0.5) is 0 Å². The van der Waals surface area contributed by atoms with E-state index in [4.69, 9.17) is 11.1 Å². The Balaban J connectivity index is 0.000000720. The van der Waals surface area contributed by atoms with Crippen molar-refractivity contribution in [3.8, 4) is 0 Å². The molecule has 0 radical (unpaired) electrons. The minimum Gasteiger partial charge on any atom is -0.388 e. The number of hydrogen-bond acceptors (Lipinski definition) is 1. The summed E-state index contributed by atoms with van der Waals surface area (Å²) in [6, 6.07) is 0. The normalized spacial score (nSPS) is 37.8. The van der Waals surface area contributed by atoms with E-state index in [1.807, 2.05) is 0 Å². The molecule has 0 saturated heterocycles. The molecule has 12 heavy (non-hydrogen) atoms. The van der Waals surface area contributed by atoms with E-state index in [1.165, 1.54) is 25.7 Å². The van der Waals surface area contributed by atoms with Gasteiger partial charge in [-0.1, -0.05) is 6.42 Å². The highest BCUT2D eigenvalue weighted by molar-refractivity contribution is 5.85. The zero-order chi connectivity index (χ0) is 7.84. The minimum absolute atomic E-state index is 0. The van der Waals surface area contributed by atoms with Gasteiger partial charge < -0.3 is 5.73 Å². The van der Waals surface area contributed by atoms with Gasteiger partial charge in [0.25, 0.3) is 0 Å². The first-order valence-corrected chi connectivity index (χ1v) is 4.58. The van der Waals surface area contributed by atoms with Crippen LogP contribution in [0.5, 0.6) is 0 Å². The summed E-state index contributed by atoms with van der Waals surface area (Å²) in [5.41, 5.74) is 5.39. The second kappa shape index (κ2) is 3.65. The first-order valence-electron chi connectivity index (χ1n) is 4.58. The molecule has 70 valence electrons. The van der Waals surface area contributed by atoms with E-state index in [1.54, 1.807) is 0 Å². The second-order valence-corrected chi connectivity index (χ2v) is 4.16. The van der Waals surface area contributed by atoms with Gasteiger partial charge in [-0.15, -0.1) is 12.4 Å². The van der Waals surface area contributed by atoms with Crippen LogP contribution in [0, 0.1) is 23.2 Å². The molecule has 0 spiro atoms. The van der Waals surface area contributed by atoms with Crippen molar-refractivity contribution in [1.82, 2.24) is 0 Å². The van der Waals surface area contributed by atoms with Gasteiger partial charge in [0.05, 0.1) is 5.84 Å². The standard InChI is InChI=1S/C9H16N2.ClH/c10-9(11)5-8-4-6-1-2-7(8)3-6;/h6-8H,1-5H2,(H3,10,11);1H. The molecule has 0 amide bonds. The molecule has 3 unspecified atom stereocenters. The van der Waals surface area contributed by atoms with Crippen molar-refractivity contribution >= 4 is 18.2 Å². The van der Waals surface area contributed by atoms with Gasteiger partial charge in [0.15, 0.2) is 0 Å². The summed E-state index contributed by atoms with van der Waals surface area (Å²) in [4.78, 5) is 0. The summed E-state index contributed by atoms with van der Waals surface area (Å²) < 4.78 is 0. The van der Waals surface area contributed by atoms with Crippen LogP contribution in [-0.2, 0) is 0 Å². The van der Waals surface area contributed by atoms with Gasteiger partial charge >= 0.3 is 0 Å². The number of nitrogens with two attached hydrogens (primary N) is 1. The number of hydrogen-bond donors (Lipinski definition) is 2. The van der Waals surface area contributed by atoms with Crippen LogP contribution in [0.25, 0.3) is 0 Å². The highest BCUT2D eigenvalue weighted by Gasteiger charge is 2.39. The highest BCUT2D eigenvalue weighted by Crippen LogP contribution is 2.49. The smallest absolute Gasteiger partial charge is 0.0908 e. The van der Waals surface area contributed by atoms with Gasteiger partial charge in [-0.25, -0.2) is 0 Å². The molecule has 0 aliphatic heterocycles. The van der Waals surface area contributed by atoms with Crippen LogP contribution >= 0.6 is 12.4 Å². The number of rotatable bonds is 2. The third kappa shape index (κ3) is 1.74. The van der Waals surface area contributed by atoms with Crippen molar-refractivity contribution < 1.29 is 0 Å². The lowest BCUT2D eigenvalue weighted by Gasteiger charge is -2.20. The zero-order valence-electron chi connectivity index (χ0n) is 7.25. The average Bonchev–Trinajstić information content (AvgIpc) is 2.45. The summed E-state index contributed by atoms with van der Waals surface area (Å²) in [5, 5.41) is 7.22. The monoisotopic (exact) mass is 188 g/mol. The Labute approximate surface area is 79.8 Å². The van der Waals surface area contributed by atoms with E-state index in [9.17, 15) is 0 Å². The van der Waals surface area contributed by atoms with Crippen LogP contribution < -0.4 is 5.73 Å². The molecule has 3 heteroatoms. The van der Waals surface area contributed by atoms with E-state index >= 15 is 0 Å². The summed E-state index contributed by atoms with van der Waals surface area (Å²) in [6.45, 7) is 0. The zero-order valence-corrected chi connectivity index (χ0v) is 8.07. The summed E-state index contributed by atoms with van der Waals surface area (Å²) >= 11 is 0. The molecule has 2 rings (SSSR count). The maximum Gasteiger partial charge on any atom is 0.0908 e. The van der Waals surface area contributed by atoms with Crippen molar-refractivity contribution in [3.05, 3.63) is 0 Å². The predicted octanol–water partition coefficient (Wildman–Crippen LogP) is 2.17. The molecule has 2 bridgehead atoms. The fourth-order valence-electron chi connectivity index (χ4n) is 2.91. The van der Waals surface area contributed by atoms with Gasteiger partial charge in [0, 0.05) is 6.42 Å². The summed E-state index contributed by atoms with van der Waals surface area (Å²) in [7, 11) is 0. The number of fused-ring (bicyclic) bond motifs is 2. The molecule has 0 heterocycles. The molecule has 2 saturated carbocycles. The first-order chi connectivity index (χ1) is 5.25. The molecule has 2 aliphatic rings. The molecular weight excluding hydrogens is 172 g/mol. The second-order valence-electron chi connectivity index (χ2n) is 4.16. The number of halogens is 1. The van der Waals surface area contributed by atoms with Gasteiger partial charge in [-0.05, 0) is 37.0 Å². The quantitative estimate of drug-likeness (QED) is 0.507. The van der Waals surface area contributed by atoms with E-state index in [2.05, 4.69) is 0 Å². The Kier molecular flexibility index (Phi) is 2.99. The van der Waals surface area contributed by atoms with Crippen molar-refractivity contribution in [3.63, 3.8) is 0 Å². The van der Waals surface area contributed by atoms with E-state index in [0.29, 0.717) is 5.84 Å². The molecule has 0 aromatic rings. The summed E-state index contributed by atoms with van der Waals surface area (Å²) in [6.07, 6.45) is 6.49. The van der Waals surface area contributed by atoms with Crippen LogP contribution in [-0.4, -0.2) is 5.84 Å². The highest BCUT2D eigenvalue weighted by atomic mass is 35.5. The Bertz CT molecular complexity index is 181. The van der Waals surface area contributed by atoms with Crippen LogP contribution in [0.1, 0.15) is 32.1 Å². The van der Waals surface area contributed by atoms with Crippen molar-refractivity contribution in [2.24, 2.45) is 23.5 Å². The Morgan fingerprint density at radius 1 is 1.33 bits per heavy atom. The lowest BCUT2D eigenvalue weighted by molar-refractivity contribution is 0.342. The van der Waals surface area contributed by atoms with E-state index in [0.717, 1.165) is 24.2 Å². The Hall–Kier alpha value is -0.240. The van der Waals surface area contributed by atoms with Gasteiger partial charge in [-0.2, -0.15) is 0 Å². The molecule has 0 aromatic carbocycles. The maximum absolute atomic E-state index is 7.22. The predicted molar refractivity (Wildman–Crippen MR) is 52.7 cm³/mol. The molecule has 2 nitrogen and oxygen atoms in total. The van der Waals surface area contributed by atoms with Crippen LogP contribution in [0.3, 0.4) is 0 Å². The van der Waals surface area contributed by atoms with Gasteiger partial charge in [0.2, 0.25) is 0 Å². The molecule has 3 N–H and O–H groups in total. The molecule has 0 aromatic heterocycles. The van der Waals surface area contributed by atoms with E-state index in [-0.39, 0.29) is 12.4 Å². The third-order valence-corrected chi connectivity index (χ3v) is 3.37. The summed E-state index contributed by atoms with van der Waals surface area (Å²) in [5.74, 6) is 3.07. The van der Waals surface area contributed by atoms with E-state index < -0.39 is 0 Å². The van der Waals surface area contributed by atoms with Crippen molar-refractivity contribution in [2.75, 3.05) is 0 Å². The molecule has 3 atom stereocenters. The van der Waals surface area contributed by atoms with Crippen molar-refractivity contribution in [2.45, 2.75) is 32.1 Å². The first kappa shape index (κ1) is 9.85. The molecular formula is C9H17ClN2. The van der Waals surface area contributed by atoms with Crippen LogP contribution in [0.15, 0.2) is 0 Å². The van der Waals surface area contributed by atoms with Gasteiger partial charge in [-0.3, -0.25) is 5.41 Å². The Morgan fingerprint density at radius 2 is 2.08 bits per heavy atom. The molecule has 2 aliphatic carbocycles. The third-order valence-electron chi connectivity index (χ3n) is 3.37. The number of nitrogens with one attached hydrogen (secondary N) is 1. The number of amidine groups is 1. The minimum atomic E-state index is 0. The van der Waals surface area contributed by atoms with Crippen molar-refractivity contribution in [1.29, 1.82) is 5.41 Å². The average molecular weight is 189 g/mol. The topological polar surface area (TPSA) is 49.9 Å².